The van der Waals surface area contributed by atoms with E-state index >= 15 is 0 Å². The first-order valence-corrected chi connectivity index (χ1v) is 7.68. The molecule has 2 aromatic rings. The minimum Gasteiger partial charge on any atom is -0.467 e. The van der Waals surface area contributed by atoms with Gasteiger partial charge < -0.3 is 10.1 Å². The van der Waals surface area contributed by atoms with E-state index in [-0.39, 0.29) is 12.0 Å². The van der Waals surface area contributed by atoms with Crippen LogP contribution in [0.2, 0.25) is 0 Å². The average molecular weight is 373 g/mol. The maximum Gasteiger partial charge on any atom is 0.328 e. The number of nitro benzene ring substituents is 2. The molecule has 0 saturated heterocycles. The molecule has 2 aromatic carbocycles. The zero-order valence-electron chi connectivity index (χ0n) is 14.2. The van der Waals surface area contributed by atoms with Crippen molar-refractivity contribution in [3.8, 4) is 0 Å². The maximum atomic E-state index is 12.5. The number of carbonyl (C=O) groups is 2. The first kappa shape index (κ1) is 19.5. The number of hydrogen-bond acceptors (Lipinski definition) is 7. The molecule has 0 spiro atoms. The Balaban J connectivity index is 2.30. The first-order valence-electron chi connectivity index (χ1n) is 7.68. The molecule has 0 unspecified atom stereocenters. The van der Waals surface area contributed by atoms with Gasteiger partial charge in [0.2, 0.25) is 0 Å². The molecule has 0 heterocycles. The van der Waals surface area contributed by atoms with Gasteiger partial charge >= 0.3 is 5.97 Å². The van der Waals surface area contributed by atoms with Crippen LogP contribution in [-0.2, 0) is 16.0 Å². The van der Waals surface area contributed by atoms with Gasteiger partial charge in [-0.15, -0.1) is 0 Å². The Morgan fingerprint density at radius 1 is 1.04 bits per heavy atom. The summed E-state index contributed by atoms with van der Waals surface area (Å²) >= 11 is 0. The fourth-order valence-electron chi connectivity index (χ4n) is 2.36. The molecule has 0 fully saturated rings. The molecule has 1 N–H and O–H groups in total. The van der Waals surface area contributed by atoms with E-state index in [0.717, 1.165) is 30.9 Å². The van der Waals surface area contributed by atoms with Crippen LogP contribution in [0, 0.1) is 20.2 Å². The van der Waals surface area contributed by atoms with Crippen LogP contribution in [0.1, 0.15) is 15.9 Å². The highest BCUT2D eigenvalue weighted by molar-refractivity contribution is 5.98. The minimum absolute atomic E-state index is 0.121. The SMILES string of the molecule is COC(=O)[C@H](Cc1ccccc1)NC(=O)c1cc([N+](=O)[O-])cc([N+](=O)[O-])c1. The summed E-state index contributed by atoms with van der Waals surface area (Å²) in [5, 5.41) is 24.3. The largest absolute Gasteiger partial charge is 0.467 e. The quantitative estimate of drug-likeness (QED) is 0.444. The van der Waals surface area contributed by atoms with Crippen LogP contribution in [0.4, 0.5) is 11.4 Å². The van der Waals surface area contributed by atoms with Gasteiger partial charge in [0.15, 0.2) is 0 Å². The molecule has 27 heavy (non-hydrogen) atoms. The van der Waals surface area contributed by atoms with Gasteiger partial charge in [0, 0.05) is 18.6 Å². The topological polar surface area (TPSA) is 142 Å². The van der Waals surface area contributed by atoms with Gasteiger partial charge in [0.1, 0.15) is 6.04 Å². The number of ether oxygens (including phenoxy) is 1. The van der Waals surface area contributed by atoms with Crippen LogP contribution >= 0.6 is 0 Å². The van der Waals surface area contributed by atoms with Crippen molar-refractivity contribution in [2.24, 2.45) is 0 Å². The van der Waals surface area contributed by atoms with Gasteiger partial charge in [-0.3, -0.25) is 25.0 Å². The summed E-state index contributed by atoms with van der Waals surface area (Å²) < 4.78 is 4.68. The van der Waals surface area contributed by atoms with Crippen molar-refractivity contribution in [1.29, 1.82) is 0 Å². The summed E-state index contributed by atoms with van der Waals surface area (Å²) in [6, 6.07) is 10.3. The lowest BCUT2D eigenvalue weighted by molar-refractivity contribution is -0.394. The highest BCUT2D eigenvalue weighted by Gasteiger charge is 2.25. The number of carbonyl (C=O) groups excluding carboxylic acids is 2. The molecule has 0 bridgehead atoms. The number of esters is 1. The van der Waals surface area contributed by atoms with Crippen molar-refractivity contribution in [2.75, 3.05) is 7.11 Å². The maximum absolute atomic E-state index is 12.5. The number of nitro groups is 2. The van der Waals surface area contributed by atoms with Crippen LogP contribution in [0.5, 0.6) is 0 Å². The van der Waals surface area contributed by atoms with Crippen molar-refractivity contribution in [2.45, 2.75) is 12.5 Å². The summed E-state index contributed by atoms with van der Waals surface area (Å²) in [5.41, 5.74) is -0.768. The molecule has 2 rings (SSSR count). The molecule has 0 aliphatic heterocycles. The Morgan fingerprint density at radius 2 is 1.59 bits per heavy atom. The molecule has 140 valence electrons. The molecular formula is C17H15N3O7. The number of methoxy groups -OCH3 is 1. The molecule has 1 amide bonds. The molecule has 0 aliphatic carbocycles. The lowest BCUT2D eigenvalue weighted by atomic mass is 10.1. The smallest absolute Gasteiger partial charge is 0.328 e. The molecular weight excluding hydrogens is 358 g/mol. The lowest BCUT2D eigenvalue weighted by Gasteiger charge is -2.16. The van der Waals surface area contributed by atoms with E-state index in [1.165, 1.54) is 0 Å². The lowest BCUT2D eigenvalue weighted by Crippen LogP contribution is -2.43. The van der Waals surface area contributed by atoms with Gasteiger partial charge in [-0.1, -0.05) is 30.3 Å². The number of amides is 1. The summed E-state index contributed by atoms with van der Waals surface area (Å²) in [4.78, 5) is 44.6. The van der Waals surface area contributed by atoms with E-state index < -0.39 is 39.1 Å². The second-order valence-corrected chi connectivity index (χ2v) is 5.49. The fourth-order valence-corrected chi connectivity index (χ4v) is 2.36. The molecule has 0 radical (unpaired) electrons. The molecule has 0 aliphatic rings. The van der Waals surface area contributed by atoms with Crippen LogP contribution in [-0.4, -0.2) is 34.9 Å². The van der Waals surface area contributed by atoms with Crippen LogP contribution in [0.25, 0.3) is 0 Å². The molecule has 10 nitrogen and oxygen atoms in total. The number of nitrogens with one attached hydrogen (secondary N) is 1. The van der Waals surface area contributed by atoms with Gasteiger partial charge in [-0.2, -0.15) is 0 Å². The van der Waals surface area contributed by atoms with Crippen LogP contribution < -0.4 is 5.32 Å². The second kappa shape index (κ2) is 8.52. The molecule has 0 aromatic heterocycles. The first-order chi connectivity index (χ1) is 12.8. The van der Waals surface area contributed by atoms with Gasteiger partial charge in [-0.25, -0.2) is 4.79 Å². The number of rotatable bonds is 7. The number of hydrogen-bond donors (Lipinski definition) is 1. The number of nitrogens with zero attached hydrogens (tertiary/aromatic N) is 2. The fraction of sp³-hybridized carbons (Fsp3) is 0.176. The molecule has 1 atom stereocenters. The number of benzene rings is 2. The Hall–Kier alpha value is -3.82. The third-order valence-corrected chi connectivity index (χ3v) is 3.66. The van der Waals surface area contributed by atoms with Crippen molar-refractivity contribution >= 4 is 23.3 Å². The monoisotopic (exact) mass is 373 g/mol. The van der Waals surface area contributed by atoms with E-state index in [1.807, 2.05) is 0 Å². The normalized spacial score (nSPS) is 11.3. The van der Waals surface area contributed by atoms with E-state index in [2.05, 4.69) is 10.1 Å². The molecule has 0 saturated carbocycles. The zero-order valence-corrected chi connectivity index (χ0v) is 14.2. The predicted molar refractivity (Wildman–Crippen MR) is 93.2 cm³/mol. The van der Waals surface area contributed by atoms with Crippen LogP contribution in [0.15, 0.2) is 48.5 Å². The van der Waals surface area contributed by atoms with E-state index in [9.17, 15) is 29.8 Å². The predicted octanol–water partition coefficient (Wildman–Crippen LogP) is 2.02. The highest BCUT2D eigenvalue weighted by Crippen LogP contribution is 2.22. The Bertz CT molecular complexity index is 851. The Morgan fingerprint density at radius 3 is 2.07 bits per heavy atom. The number of non-ortho nitro benzene ring substituents is 2. The van der Waals surface area contributed by atoms with E-state index in [1.54, 1.807) is 30.3 Å². The van der Waals surface area contributed by atoms with Crippen molar-refractivity contribution in [3.05, 3.63) is 79.9 Å². The highest BCUT2D eigenvalue weighted by atomic mass is 16.6. The van der Waals surface area contributed by atoms with Gasteiger partial charge in [0.05, 0.1) is 28.6 Å². The standard InChI is InChI=1S/C17H15N3O7/c1-27-17(22)15(7-11-5-3-2-4-6-11)18-16(21)12-8-13(19(23)24)10-14(9-12)20(25)26/h2-6,8-10,15H,7H2,1H3,(H,18,21)/t15-/m0/s1. The van der Waals surface area contributed by atoms with Gasteiger partial charge in [0.25, 0.3) is 17.3 Å². The minimum atomic E-state index is -1.07. The summed E-state index contributed by atoms with van der Waals surface area (Å²) in [6.45, 7) is 0. The van der Waals surface area contributed by atoms with Crippen molar-refractivity contribution < 1.29 is 24.2 Å². The summed E-state index contributed by atoms with van der Waals surface area (Å²) in [5.74, 6) is -1.58. The Kier molecular flexibility index (Phi) is 6.15. The summed E-state index contributed by atoms with van der Waals surface area (Å²) in [7, 11) is 1.16. The van der Waals surface area contributed by atoms with E-state index in [0.29, 0.717) is 0 Å². The van der Waals surface area contributed by atoms with Crippen molar-refractivity contribution in [3.63, 3.8) is 0 Å². The van der Waals surface area contributed by atoms with Crippen molar-refractivity contribution in [1.82, 2.24) is 5.32 Å². The van der Waals surface area contributed by atoms with Crippen LogP contribution in [0.3, 0.4) is 0 Å². The van der Waals surface area contributed by atoms with E-state index in [4.69, 9.17) is 0 Å². The zero-order chi connectivity index (χ0) is 20.0. The summed E-state index contributed by atoms with van der Waals surface area (Å²) in [6.07, 6.45) is 0.121. The third-order valence-electron chi connectivity index (χ3n) is 3.66. The van der Waals surface area contributed by atoms with Gasteiger partial charge in [-0.05, 0) is 5.56 Å². The molecule has 10 heteroatoms. The Labute approximate surface area is 153 Å². The third kappa shape index (κ3) is 5.08. The average Bonchev–Trinajstić information content (AvgIpc) is 2.67. The second-order valence-electron chi connectivity index (χ2n) is 5.49.